The number of amides is 1. The number of benzene rings is 2. The number of anilines is 1. The van der Waals surface area contributed by atoms with Crippen molar-refractivity contribution in [3.8, 4) is 0 Å². The number of hydrogen-bond donors (Lipinski definition) is 1. The number of halogens is 2. The van der Waals surface area contributed by atoms with Crippen LogP contribution in [-0.4, -0.2) is 31.7 Å². The molecule has 24 heavy (non-hydrogen) atoms. The van der Waals surface area contributed by atoms with Crippen molar-refractivity contribution >= 4 is 44.8 Å². The van der Waals surface area contributed by atoms with Crippen LogP contribution in [-0.2, 0) is 14.8 Å². The van der Waals surface area contributed by atoms with Crippen molar-refractivity contribution in [1.82, 2.24) is 4.31 Å². The van der Waals surface area contributed by atoms with E-state index in [0.717, 1.165) is 4.31 Å². The molecule has 0 spiro atoms. The second-order valence-electron chi connectivity index (χ2n) is 4.91. The molecule has 8 heteroatoms. The van der Waals surface area contributed by atoms with Crippen molar-refractivity contribution in [2.24, 2.45) is 0 Å². The fourth-order valence-corrected chi connectivity index (χ4v) is 3.75. The Morgan fingerprint density at radius 3 is 2.29 bits per heavy atom. The van der Waals surface area contributed by atoms with E-state index in [1.165, 1.54) is 24.3 Å². The van der Waals surface area contributed by atoms with Crippen LogP contribution in [0.1, 0.15) is 6.92 Å². The lowest BCUT2D eigenvalue weighted by Gasteiger charge is -2.20. The van der Waals surface area contributed by atoms with Gasteiger partial charge in [0, 0.05) is 11.6 Å². The highest BCUT2D eigenvalue weighted by Crippen LogP contribution is 2.21. The van der Waals surface area contributed by atoms with E-state index in [1.807, 2.05) is 0 Å². The zero-order valence-electron chi connectivity index (χ0n) is 12.9. The first-order valence-electron chi connectivity index (χ1n) is 7.14. The van der Waals surface area contributed by atoms with Crippen molar-refractivity contribution in [3.05, 3.63) is 58.6 Å². The quantitative estimate of drug-likeness (QED) is 0.823. The number of carbonyl (C=O) groups excluding carboxylic acids is 1. The Kier molecular flexibility index (Phi) is 6.23. The molecule has 0 aliphatic carbocycles. The van der Waals surface area contributed by atoms with Gasteiger partial charge in [-0.3, -0.25) is 4.79 Å². The molecule has 0 atom stereocenters. The third-order valence-electron chi connectivity index (χ3n) is 3.27. The summed E-state index contributed by atoms with van der Waals surface area (Å²) in [6.07, 6.45) is 0. The monoisotopic (exact) mass is 386 g/mol. The molecule has 0 fully saturated rings. The van der Waals surface area contributed by atoms with E-state index in [-0.39, 0.29) is 18.0 Å². The van der Waals surface area contributed by atoms with Gasteiger partial charge in [0.15, 0.2) is 0 Å². The largest absolute Gasteiger partial charge is 0.324 e. The average molecular weight is 387 g/mol. The molecule has 1 amide bonds. The van der Waals surface area contributed by atoms with Gasteiger partial charge >= 0.3 is 0 Å². The Bertz CT molecular complexity index is 823. The van der Waals surface area contributed by atoms with Crippen molar-refractivity contribution in [2.75, 3.05) is 18.4 Å². The van der Waals surface area contributed by atoms with Crippen molar-refractivity contribution in [1.29, 1.82) is 0 Å². The fraction of sp³-hybridized carbons (Fsp3) is 0.188. The highest BCUT2D eigenvalue weighted by Gasteiger charge is 2.25. The molecule has 0 heterocycles. The third kappa shape index (κ3) is 4.48. The van der Waals surface area contributed by atoms with Gasteiger partial charge in [-0.1, -0.05) is 42.3 Å². The summed E-state index contributed by atoms with van der Waals surface area (Å²) in [7, 11) is -3.78. The molecule has 0 unspecified atom stereocenters. The summed E-state index contributed by atoms with van der Waals surface area (Å²) in [5.74, 6) is -0.470. The summed E-state index contributed by atoms with van der Waals surface area (Å²) in [6.45, 7) is 1.50. The van der Waals surface area contributed by atoms with Gasteiger partial charge in [-0.2, -0.15) is 4.31 Å². The molecule has 0 aliphatic heterocycles. The van der Waals surface area contributed by atoms with Crippen LogP contribution in [0.25, 0.3) is 0 Å². The second kappa shape index (κ2) is 7.98. The molecule has 5 nitrogen and oxygen atoms in total. The topological polar surface area (TPSA) is 66.5 Å². The van der Waals surface area contributed by atoms with Crippen LogP contribution in [0, 0.1) is 0 Å². The SMILES string of the molecule is CCN(CC(=O)Nc1ccccc1Cl)S(=O)(=O)c1ccc(Cl)cc1. The molecule has 0 aromatic heterocycles. The zero-order valence-corrected chi connectivity index (χ0v) is 15.2. The van der Waals surface area contributed by atoms with Crippen LogP contribution in [0.5, 0.6) is 0 Å². The van der Waals surface area contributed by atoms with E-state index in [0.29, 0.717) is 15.7 Å². The van der Waals surface area contributed by atoms with Crippen LogP contribution in [0.3, 0.4) is 0 Å². The molecule has 2 rings (SSSR count). The number of rotatable bonds is 6. The fourth-order valence-electron chi connectivity index (χ4n) is 2.03. The zero-order chi connectivity index (χ0) is 17.7. The van der Waals surface area contributed by atoms with E-state index in [2.05, 4.69) is 5.32 Å². The van der Waals surface area contributed by atoms with Gasteiger partial charge in [-0.25, -0.2) is 8.42 Å². The summed E-state index contributed by atoms with van der Waals surface area (Å²) >= 11 is 11.8. The van der Waals surface area contributed by atoms with Gasteiger partial charge < -0.3 is 5.32 Å². The molecular formula is C16H16Cl2N2O3S. The molecule has 0 saturated carbocycles. The number of carbonyl (C=O) groups is 1. The molecule has 0 saturated heterocycles. The first-order chi connectivity index (χ1) is 11.3. The summed E-state index contributed by atoms with van der Waals surface area (Å²) in [6, 6.07) is 12.5. The molecule has 2 aromatic carbocycles. The molecule has 128 valence electrons. The summed E-state index contributed by atoms with van der Waals surface area (Å²) in [5.41, 5.74) is 0.434. The standard InChI is InChI=1S/C16H16Cl2N2O3S/c1-2-20(24(22,23)13-9-7-12(17)8-10-13)11-16(21)19-15-6-4-3-5-14(15)18/h3-10H,2,11H2,1H3,(H,19,21). The number of para-hydroxylation sites is 1. The van der Waals surface area contributed by atoms with Crippen molar-refractivity contribution < 1.29 is 13.2 Å². The van der Waals surface area contributed by atoms with E-state index in [4.69, 9.17) is 23.2 Å². The second-order valence-corrected chi connectivity index (χ2v) is 7.69. The number of nitrogens with one attached hydrogen (secondary N) is 1. The van der Waals surface area contributed by atoms with Crippen LogP contribution in [0.15, 0.2) is 53.4 Å². The van der Waals surface area contributed by atoms with Gasteiger partial charge in [-0.05, 0) is 36.4 Å². The minimum Gasteiger partial charge on any atom is -0.324 e. The lowest BCUT2D eigenvalue weighted by atomic mass is 10.3. The molecule has 2 aromatic rings. The molecule has 0 bridgehead atoms. The van der Waals surface area contributed by atoms with E-state index in [1.54, 1.807) is 31.2 Å². The Hall–Kier alpha value is -1.60. The minimum absolute atomic E-state index is 0.0827. The van der Waals surface area contributed by atoms with Crippen molar-refractivity contribution in [2.45, 2.75) is 11.8 Å². The van der Waals surface area contributed by atoms with E-state index in [9.17, 15) is 13.2 Å². The van der Waals surface area contributed by atoms with Crippen LogP contribution < -0.4 is 5.32 Å². The highest BCUT2D eigenvalue weighted by atomic mass is 35.5. The highest BCUT2D eigenvalue weighted by molar-refractivity contribution is 7.89. The first-order valence-corrected chi connectivity index (χ1v) is 9.34. The summed E-state index contributed by atoms with van der Waals surface area (Å²) in [4.78, 5) is 12.3. The third-order valence-corrected chi connectivity index (χ3v) is 5.79. The van der Waals surface area contributed by atoms with Gasteiger partial charge in [-0.15, -0.1) is 0 Å². The Labute approximate surface area is 151 Å². The van der Waals surface area contributed by atoms with Gasteiger partial charge in [0.2, 0.25) is 15.9 Å². The van der Waals surface area contributed by atoms with Crippen LogP contribution in [0.2, 0.25) is 10.0 Å². The molecule has 0 aliphatic rings. The van der Waals surface area contributed by atoms with Crippen LogP contribution in [0.4, 0.5) is 5.69 Å². The Morgan fingerprint density at radius 1 is 1.08 bits per heavy atom. The number of likely N-dealkylation sites (N-methyl/N-ethyl adjacent to an activating group) is 1. The minimum atomic E-state index is -3.78. The van der Waals surface area contributed by atoms with Gasteiger partial charge in [0.25, 0.3) is 0 Å². The normalized spacial score (nSPS) is 11.5. The van der Waals surface area contributed by atoms with E-state index >= 15 is 0 Å². The van der Waals surface area contributed by atoms with Gasteiger partial charge in [0.05, 0.1) is 22.2 Å². The maximum Gasteiger partial charge on any atom is 0.243 e. The maximum atomic E-state index is 12.6. The lowest BCUT2D eigenvalue weighted by Crippen LogP contribution is -2.37. The van der Waals surface area contributed by atoms with E-state index < -0.39 is 15.9 Å². The average Bonchev–Trinajstić information content (AvgIpc) is 2.55. The van der Waals surface area contributed by atoms with Gasteiger partial charge in [0.1, 0.15) is 0 Å². The van der Waals surface area contributed by atoms with Crippen LogP contribution >= 0.6 is 23.2 Å². The summed E-state index contributed by atoms with van der Waals surface area (Å²) in [5, 5.41) is 3.43. The summed E-state index contributed by atoms with van der Waals surface area (Å²) < 4.78 is 26.3. The Morgan fingerprint density at radius 2 is 1.71 bits per heavy atom. The lowest BCUT2D eigenvalue weighted by molar-refractivity contribution is -0.116. The molecular weight excluding hydrogens is 371 g/mol. The maximum absolute atomic E-state index is 12.6. The number of hydrogen-bond acceptors (Lipinski definition) is 3. The number of sulfonamides is 1. The van der Waals surface area contributed by atoms with Crippen molar-refractivity contribution in [3.63, 3.8) is 0 Å². The predicted molar refractivity (Wildman–Crippen MR) is 96.0 cm³/mol. The smallest absolute Gasteiger partial charge is 0.243 e. The Balaban J connectivity index is 2.15. The first kappa shape index (κ1) is 18.7. The number of nitrogens with zero attached hydrogens (tertiary/aromatic N) is 1. The molecule has 0 radical (unpaired) electrons. The predicted octanol–water partition coefficient (Wildman–Crippen LogP) is 3.64. The molecule has 1 N–H and O–H groups in total.